The third-order valence-corrected chi connectivity index (χ3v) is 7.07. The summed E-state index contributed by atoms with van der Waals surface area (Å²) >= 11 is 0.908. The predicted molar refractivity (Wildman–Crippen MR) is 91.6 cm³/mol. The van der Waals surface area contributed by atoms with E-state index in [-0.39, 0.29) is 20.4 Å². The molecule has 0 aromatic heterocycles. The van der Waals surface area contributed by atoms with E-state index in [1.807, 2.05) is 0 Å². The number of halogens is 2. The van der Waals surface area contributed by atoms with Gasteiger partial charge in [-0.1, -0.05) is 11.8 Å². The van der Waals surface area contributed by atoms with Crippen molar-refractivity contribution < 1.29 is 22.1 Å². The lowest BCUT2D eigenvalue weighted by molar-refractivity contribution is -0.385. The first-order valence-electron chi connectivity index (χ1n) is 7.70. The molecule has 0 bridgehead atoms. The zero-order chi connectivity index (χ0) is 18.9. The Morgan fingerprint density at radius 3 is 2.35 bits per heavy atom. The Morgan fingerprint density at radius 2 is 1.73 bits per heavy atom. The van der Waals surface area contributed by atoms with E-state index < -0.39 is 26.6 Å². The summed E-state index contributed by atoms with van der Waals surface area (Å²) in [5.41, 5.74) is -0.350. The van der Waals surface area contributed by atoms with E-state index in [4.69, 9.17) is 0 Å². The molecule has 6 nitrogen and oxygen atoms in total. The van der Waals surface area contributed by atoms with E-state index in [9.17, 15) is 27.3 Å². The quantitative estimate of drug-likeness (QED) is 0.563. The van der Waals surface area contributed by atoms with Crippen molar-refractivity contribution in [2.75, 3.05) is 13.1 Å². The molecule has 0 radical (unpaired) electrons. The van der Waals surface area contributed by atoms with Crippen molar-refractivity contribution in [1.82, 2.24) is 4.31 Å². The summed E-state index contributed by atoms with van der Waals surface area (Å²) in [5, 5.41) is 11.1. The number of nitrogens with zero attached hydrogens (tertiary/aromatic N) is 2. The molecule has 0 unspecified atom stereocenters. The number of non-ortho nitro benzene ring substituents is 1. The molecule has 0 N–H and O–H groups in total. The standard InChI is InChI=1S/C16H14F2N2O4S2/c17-13-5-4-12(10-14(13)18)25-15-6-3-11(20(21)22)9-16(15)26(23,24)19-7-1-2-8-19/h3-6,9-10H,1-2,7-8H2. The Bertz CT molecular complexity index is 961. The van der Waals surface area contributed by atoms with E-state index >= 15 is 0 Å². The Hall–Kier alpha value is -2.04. The SMILES string of the molecule is O=[N+]([O-])c1ccc(Sc2ccc(F)c(F)c2)c(S(=O)(=O)N2CCCC2)c1. The third kappa shape index (κ3) is 3.71. The van der Waals surface area contributed by atoms with Gasteiger partial charge in [0.25, 0.3) is 5.69 Å². The van der Waals surface area contributed by atoms with Gasteiger partial charge in [0.05, 0.1) is 4.92 Å². The molecule has 0 aliphatic carbocycles. The molecule has 1 fully saturated rings. The molecule has 1 heterocycles. The van der Waals surface area contributed by atoms with E-state index in [2.05, 4.69) is 0 Å². The van der Waals surface area contributed by atoms with Gasteiger partial charge in [-0.3, -0.25) is 10.1 Å². The molecule has 0 amide bonds. The molecular formula is C16H14F2N2O4S2. The predicted octanol–water partition coefficient (Wildman–Crippen LogP) is 3.81. The summed E-state index contributed by atoms with van der Waals surface area (Å²) in [6.07, 6.45) is 1.44. The number of hydrogen-bond acceptors (Lipinski definition) is 5. The minimum atomic E-state index is -3.92. The Morgan fingerprint density at radius 1 is 1.04 bits per heavy atom. The Kier molecular flexibility index (Phi) is 5.26. The summed E-state index contributed by atoms with van der Waals surface area (Å²) in [6.45, 7) is 0.695. The van der Waals surface area contributed by atoms with Gasteiger partial charge in [-0.05, 0) is 37.1 Å². The van der Waals surface area contributed by atoms with E-state index in [0.717, 1.165) is 42.8 Å². The van der Waals surface area contributed by atoms with E-state index in [1.165, 1.54) is 22.5 Å². The molecular weight excluding hydrogens is 386 g/mol. The normalized spacial score (nSPS) is 15.3. The number of benzene rings is 2. The van der Waals surface area contributed by atoms with Gasteiger partial charge in [-0.25, -0.2) is 17.2 Å². The van der Waals surface area contributed by atoms with Crippen LogP contribution in [0.2, 0.25) is 0 Å². The Labute approximate surface area is 153 Å². The second-order valence-corrected chi connectivity index (χ2v) is 8.70. The van der Waals surface area contributed by atoms with E-state index in [0.29, 0.717) is 13.1 Å². The molecule has 1 aliphatic rings. The highest BCUT2D eigenvalue weighted by atomic mass is 32.2. The van der Waals surface area contributed by atoms with Crippen LogP contribution >= 0.6 is 11.8 Å². The third-order valence-electron chi connectivity index (χ3n) is 3.94. The molecule has 0 saturated carbocycles. The van der Waals surface area contributed by atoms with E-state index in [1.54, 1.807) is 0 Å². The monoisotopic (exact) mass is 400 g/mol. The van der Waals surface area contributed by atoms with Crippen LogP contribution in [0.4, 0.5) is 14.5 Å². The molecule has 26 heavy (non-hydrogen) atoms. The highest BCUT2D eigenvalue weighted by molar-refractivity contribution is 8.00. The van der Waals surface area contributed by atoms with Gasteiger partial charge in [0.1, 0.15) is 4.90 Å². The van der Waals surface area contributed by atoms with Crippen molar-refractivity contribution in [3.05, 3.63) is 58.1 Å². The fraction of sp³-hybridized carbons (Fsp3) is 0.250. The summed E-state index contributed by atoms with van der Waals surface area (Å²) in [5.74, 6) is -2.07. The van der Waals surface area contributed by atoms with Crippen molar-refractivity contribution in [3.63, 3.8) is 0 Å². The number of rotatable bonds is 5. The zero-order valence-electron chi connectivity index (χ0n) is 13.4. The van der Waals surface area contributed by atoms with Crippen molar-refractivity contribution in [2.24, 2.45) is 0 Å². The van der Waals surface area contributed by atoms with Crippen LogP contribution in [0.5, 0.6) is 0 Å². The van der Waals surface area contributed by atoms with Gasteiger partial charge < -0.3 is 0 Å². The second-order valence-electron chi connectivity index (χ2n) is 5.68. The van der Waals surface area contributed by atoms with Crippen molar-refractivity contribution in [3.8, 4) is 0 Å². The maximum Gasteiger partial charge on any atom is 0.270 e. The maximum absolute atomic E-state index is 13.4. The lowest BCUT2D eigenvalue weighted by Gasteiger charge is -2.18. The van der Waals surface area contributed by atoms with Crippen LogP contribution in [-0.4, -0.2) is 30.7 Å². The molecule has 138 valence electrons. The molecule has 1 saturated heterocycles. The van der Waals surface area contributed by atoms with Crippen LogP contribution in [-0.2, 0) is 10.0 Å². The average Bonchev–Trinajstić information content (AvgIpc) is 3.13. The van der Waals surface area contributed by atoms with Crippen LogP contribution in [0.15, 0.2) is 51.1 Å². The van der Waals surface area contributed by atoms with Crippen LogP contribution in [0.1, 0.15) is 12.8 Å². The van der Waals surface area contributed by atoms with Gasteiger partial charge >= 0.3 is 0 Å². The molecule has 1 aliphatic heterocycles. The van der Waals surface area contributed by atoms with Gasteiger partial charge in [0, 0.05) is 35.0 Å². The molecule has 0 atom stereocenters. The van der Waals surface area contributed by atoms with Crippen LogP contribution in [0, 0.1) is 21.7 Å². The van der Waals surface area contributed by atoms with Crippen LogP contribution in [0.25, 0.3) is 0 Å². The number of hydrogen-bond donors (Lipinski definition) is 0. The van der Waals surface area contributed by atoms with Crippen molar-refractivity contribution in [1.29, 1.82) is 0 Å². The first-order valence-corrected chi connectivity index (χ1v) is 9.96. The van der Waals surface area contributed by atoms with Crippen molar-refractivity contribution >= 4 is 27.5 Å². The van der Waals surface area contributed by atoms with Gasteiger partial charge in [0.15, 0.2) is 11.6 Å². The van der Waals surface area contributed by atoms with Crippen LogP contribution < -0.4 is 0 Å². The number of nitro benzene ring substituents is 1. The lowest BCUT2D eigenvalue weighted by Crippen LogP contribution is -2.28. The highest BCUT2D eigenvalue weighted by Crippen LogP contribution is 2.37. The minimum absolute atomic E-state index is 0.205. The number of sulfonamides is 1. The maximum atomic E-state index is 13.4. The Balaban J connectivity index is 2.06. The summed E-state index contributed by atoms with van der Waals surface area (Å²) < 4.78 is 53.6. The summed E-state index contributed by atoms with van der Waals surface area (Å²) in [6, 6.07) is 6.72. The second kappa shape index (κ2) is 7.29. The molecule has 2 aromatic carbocycles. The van der Waals surface area contributed by atoms with Crippen LogP contribution in [0.3, 0.4) is 0 Å². The average molecular weight is 400 g/mol. The van der Waals surface area contributed by atoms with Gasteiger partial charge in [0.2, 0.25) is 10.0 Å². The smallest absolute Gasteiger partial charge is 0.258 e. The van der Waals surface area contributed by atoms with Gasteiger partial charge in [-0.2, -0.15) is 4.31 Å². The largest absolute Gasteiger partial charge is 0.270 e. The van der Waals surface area contributed by atoms with Crippen molar-refractivity contribution in [2.45, 2.75) is 27.5 Å². The topological polar surface area (TPSA) is 80.5 Å². The number of nitro groups is 1. The first-order chi connectivity index (χ1) is 12.3. The first kappa shape index (κ1) is 18.7. The zero-order valence-corrected chi connectivity index (χ0v) is 15.0. The summed E-state index contributed by atoms with van der Waals surface area (Å²) in [7, 11) is -3.92. The summed E-state index contributed by atoms with van der Waals surface area (Å²) in [4.78, 5) is 10.7. The fourth-order valence-electron chi connectivity index (χ4n) is 2.63. The lowest BCUT2D eigenvalue weighted by atomic mass is 10.3. The minimum Gasteiger partial charge on any atom is -0.258 e. The molecule has 10 heteroatoms. The molecule has 3 rings (SSSR count). The molecule has 2 aromatic rings. The fourth-order valence-corrected chi connectivity index (χ4v) is 5.53. The highest BCUT2D eigenvalue weighted by Gasteiger charge is 2.31. The van der Waals surface area contributed by atoms with Gasteiger partial charge in [-0.15, -0.1) is 0 Å². The molecule has 0 spiro atoms.